The average molecular weight is 264 g/mol. The first-order valence-corrected chi connectivity index (χ1v) is 7.50. The molecule has 0 aromatic heterocycles. The molecule has 19 heavy (non-hydrogen) atoms. The Morgan fingerprint density at radius 1 is 0.737 bits per heavy atom. The van der Waals surface area contributed by atoms with Gasteiger partial charge in [-0.2, -0.15) is 0 Å². The van der Waals surface area contributed by atoms with Crippen molar-refractivity contribution in [3.63, 3.8) is 0 Å². The molecule has 4 atom stereocenters. The minimum Gasteiger partial charge on any atom is -0.377 e. The van der Waals surface area contributed by atoms with E-state index in [0.29, 0.717) is 29.5 Å². The number of hydrogen-bond acceptors (Lipinski definition) is 2. The first kappa shape index (κ1) is 14.8. The summed E-state index contributed by atoms with van der Waals surface area (Å²) in [4.78, 5) is 0. The average Bonchev–Trinajstić information content (AvgIpc) is 2.47. The van der Waals surface area contributed by atoms with Crippen molar-refractivity contribution in [2.45, 2.75) is 51.7 Å². The van der Waals surface area contributed by atoms with Gasteiger partial charge in [-0.1, -0.05) is 38.2 Å². The Balaban J connectivity index is 2.02. The first-order chi connectivity index (χ1) is 9.07. The molecule has 0 radical (unpaired) electrons. The Kier molecular flexibility index (Phi) is 4.86. The SMILES string of the molecule is COC1C=CC(C(C)(C)C2C=CC(OC)CC2)CC1. The van der Waals surface area contributed by atoms with Crippen molar-refractivity contribution in [3.8, 4) is 0 Å². The van der Waals surface area contributed by atoms with E-state index in [1.807, 2.05) is 0 Å². The van der Waals surface area contributed by atoms with Crippen LogP contribution < -0.4 is 0 Å². The summed E-state index contributed by atoms with van der Waals surface area (Å²) in [6.07, 6.45) is 14.7. The lowest BCUT2D eigenvalue weighted by Gasteiger charge is -2.42. The van der Waals surface area contributed by atoms with E-state index in [0.717, 1.165) is 12.8 Å². The van der Waals surface area contributed by atoms with Crippen LogP contribution in [0.5, 0.6) is 0 Å². The molecule has 0 aromatic carbocycles. The van der Waals surface area contributed by atoms with Crippen LogP contribution >= 0.6 is 0 Å². The van der Waals surface area contributed by atoms with Crippen LogP contribution in [-0.2, 0) is 9.47 Å². The smallest absolute Gasteiger partial charge is 0.0752 e. The summed E-state index contributed by atoms with van der Waals surface area (Å²) in [5.74, 6) is 1.32. The van der Waals surface area contributed by atoms with Crippen LogP contribution in [0, 0.1) is 17.3 Å². The largest absolute Gasteiger partial charge is 0.377 e. The van der Waals surface area contributed by atoms with Gasteiger partial charge in [-0.05, 0) is 42.9 Å². The molecule has 108 valence electrons. The zero-order valence-electron chi connectivity index (χ0n) is 12.8. The van der Waals surface area contributed by atoms with Crippen LogP contribution in [0.2, 0.25) is 0 Å². The standard InChI is InChI=1S/C17H28O2/c1-17(2,13-5-9-15(18-3)10-6-13)14-7-11-16(19-4)12-8-14/h5,7,9,11,13-16H,6,8,10,12H2,1-4H3. The van der Waals surface area contributed by atoms with Crippen molar-refractivity contribution in [2.75, 3.05) is 14.2 Å². The van der Waals surface area contributed by atoms with Gasteiger partial charge in [0, 0.05) is 14.2 Å². The molecule has 0 aromatic rings. The molecule has 2 rings (SSSR count). The van der Waals surface area contributed by atoms with Crippen LogP contribution in [-0.4, -0.2) is 26.4 Å². The van der Waals surface area contributed by atoms with E-state index in [2.05, 4.69) is 38.2 Å². The maximum absolute atomic E-state index is 5.41. The molecule has 0 N–H and O–H groups in total. The van der Waals surface area contributed by atoms with E-state index < -0.39 is 0 Å². The Morgan fingerprint density at radius 2 is 1.16 bits per heavy atom. The second-order valence-electron chi connectivity index (χ2n) is 6.51. The van der Waals surface area contributed by atoms with Crippen molar-refractivity contribution < 1.29 is 9.47 Å². The van der Waals surface area contributed by atoms with Gasteiger partial charge < -0.3 is 9.47 Å². The highest BCUT2D eigenvalue weighted by Crippen LogP contribution is 2.45. The molecule has 2 aliphatic carbocycles. The highest BCUT2D eigenvalue weighted by Gasteiger charge is 2.37. The Bertz CT molecular complexity index is 311. The lowest BCUT2D eigenvalue weighted by atomic mass is 9.64. The quantitative estimate of drug-likeness (QED) is 0.715. The molecule has 0 heterocycles. The van der Waals surface area contributed by atoms with Gasteiger partial charge in [0.05, 0.1) is 12.2 Å². The van der Waals surface area contributed by atoms with E-state index in [4.69, 9.17) is 9.47 Å². The molecule has 4 unspecified atom stereocenters. The molecule has 0 amide bonds. The molecule has 0 aliphatic heterocycles. The zero-order chi connectivity index (χ0) is 13.9. The monoisotopic (exact) mass is 264 g/mol. The van der Waals surface area contributed by atoms with Gasteiger partial charge in [-0.3, -0.25) is 0 Å². The van der Waals surface area contributed by atoms with Gasteiger partial charge in [-0.25, -0.2) is 0 Å². The third kappa shape index (κ3) is 3.29. The third-order valence-corrected chi connectivity index (χ3v) is 5.16. The summed E-state index contributed by atoms with van der Waals surface area (Å²) in [5, 5.41) is 0. The molecule has 2 nitrogen and oxygen atoms in total. The fourth-order valence-corrected chi connectivity index (χ4v) is 3.50. The lowest BCUT2D eigenvalue weighted by Crippen LogP contribution is -2.35. The summed E-state index contributed by atoms with van der Waals surface area (Å²) < 4.78 is 10.8. The number of hydrogen-bond donors (Lipinski definition) is 0. The van der Waals surface area contributed by atoms with Gasteiger partial charge in [0.2, 0.25) is 0 Å². The van der Waals surface area contributed by atoms with Gasteiger partial charge in [0.15, 0.2) is 0 Å². The fraction of sp³-hybridized carbons (Fsp3) is 0.765. The summed E-state index contributed by atoms with van der Waals surface area (Å²) in [7, 11) is 3.60. The van der Waals surface area contributed by atoms with Crippen molar-refractivity contribution in [3.05, 3.63) is 24.3 Å². The minimum absolute atomic E-state index is 0.324. The molecular weight excluding hydrogens is 236 g/mol. The number of ether oxygens (including phenoxy) is 2. The molecule has 2 heteroatoms. The number of allylic oxidation sites excluding steroid dienone is 2. The van der Waals surface area contributed by atoms with Gasteiger partial charge in [-0.15, -0.1) is 0 Å². The van der Waals surface area contributed by atoms with Crippen LogP contribution in [0.25, 0.3) is 0 Å². The lowest BCUT2D eigenvalue weighted by molar-refractivity contribution is 0.0771. The first-order valence-electron chi connectivity index (χ1n) is 7.50. The maximum Gasteiger partial charge on any atom is 0.0752 e. The van der Waals surface area contributed by atoms with Crippen molar-refractivity contribution in [1.29, 1.82) is 0 Å². The minimum atomic E-state index is 0.324. The van der Waals surface area contributed by atoms with Crippen LogP contribution in [0.15, 0.2) is 24.3 Å². The summed E-state index contributed by atoms with van der Waals surface area (Å²) in [6, 6.07) is 0. The van der Waals surface area contributed by atoms with E-state index in [1.165, 1.54) is 12.8 Å². The fourth-order valence-electron chi connectivity index (χ4n) is 3.50. The van der Waals surface area contributed by atoms with E-state index in [9.17, 15) is 0 Å². The second-order valence-corrected chi connectivity index (χ2v) is 6.51. The summed E-state index contributed by atoms with van der Waals surface area (Å²) in [6.45, 7) is 4.83. The molecule has 0 spiro atoms. The van der Waals surface area contributed by atoms with Crippen molar-refractivity contribution >= 4 is 0 Å². The Morgan fingerprint density at radius 3 is 1.42 bits per heavy atom. The normalized spacial score (nSPS) is 35.6. The van der Waals surface area contributed by atoms with Gasteiger partial charge >= 0.3 is 0 Å². The second kappa shape index (κ2) is 6.23. The summed E-state index contributed by atoms with van der Waals surface area (Å²) in [5.41, 5.74) is 0.324. The van der Waals surface area contributed by atoms with Crippen LogP contribution in [0.1, 0.15) is 39.5 Å². The highest BCUT2D eigenvalue weighted by molar-refractivity contribution is 5.10. The van der Waals surface area contributed by atoms with Crippen molar-refractivity contribution in [2.24, 2.45) is 17.3 Å². The van der Waals surface area contributed by atoms with Gasteiger partial charge in [0.25, 0.3) is 0 Å². The molecule has 0 fully saturated rings. The molecule has 0 bridgehead atoms. The van der Waals surface area contributed by atoms with E-state index in [1.54, 1.807) is 14.2 Å². The highest BCUT2D eigenvalue weighted by atomic mass is 16.5. The Labute approximate surface area is 117 Å². The predicted molar refractivity (Wildman–Crippen MR) is 79.1 cm³/mol. The molecule has 0 saturated heterocycles. The molecular formula is C17H28O2. The van der Waals surface area contributed by atoms with Gasteiger partial charge in [0.1, 0.15) is 0 Å². The van der Waals surface area contributed by atoms with E-state index in [-0.39, 0.29) is 0 Å². The zero-order valence-corrected chi connectivity index (χ0v) is 12.8. The Hall–Kier alpha value is -0.600. The topological polar surface area (TPSA) is 18.5 Å². The number of methoxy groups -OCH3 is 2. The molecule has 0 saturated carbocycles. The maximum atomic E-state index is 5.41. The van der Waals surface area contributed by atoms with Crippen LogP contribution in [0.4, 0.5) is 0 Å². The predicted octanol–water partition coefficient (Wildman–Crippen LogP) is 3.98. The molecule has 2 aliphatic rings. The number of rotatable bonds is 4. The third-order valence-electron chi connectivity index (χ3n) is 5.16. The van der Waals surface area contributed by atoms with Crippen molar-refractivity contribution in [1.82, 2.24) is 0 Å². The van der Waals surface area contributed by atoms with Crippen LogP contribution in [0.3, 0.4) is 0 Å². The van der Waals surface area contributed by atoms with E-state index >= 15 is 0 Å². The summed E-state index contributed by atoms with van der Waals surface area (Å²) >= 11 is 0.